The normalized spacial score (nSPS) is 11.0. The van der Waals surface area contributed by atoms with Crippen LogP contribution in [-0.2, 0) is 6.54 Å². The molecule has 1 N–H and O–H groups in total. The van der Waals surface area contributed by atoms with Gasteiger partial charge >= 0.3 is 0 Å². The Morgan fingerprint density at radius 1 is 1.04 bits per heavy atom. The number of aryl methyl sites for hydroxylation is 3. The monoisotopic (exact) mass is 351 g/mol. The molecule has 0 saturated heterocycles. The molecule has 6 heteroatoms. The third kappa shape index (κ3) is 3.54. The summed E-state index contributed by atoms with van der Waals surface area (Å²) in [6.07, 6.45) is 0. The molecule has 1 aromatic carbocycles. The Kier molecular flexibility index (Phi) is 4.93. The third-order valence-electron chi connectivity index (χ3n) is 4.74. The van der Waals surface area contributed by atoms with Crippen LogP contribution in [0.5, 0.6) is 0 Å². The lowest BCUT2D eigenvalue weighted by atomic mass is 10.2. The Morgan fingerprint density at radius 3 is 2.27 bits per heavy atom. The first-order valence-corrected chi connectivity index (χ1v) is 8.79. The fraction of sp³-hybridized carbons (Fsp3) is 0.350. The molecule has 26 heavy (non-hydrogen) atoms. The van der Waals surface area contributed by atoms with Crippen LogP contribution in [0.4, 0.5) is 0 Å². The number of nitrogens with one attached hydrogen (secondary N) is 1. The van der Waals surface area contributed by atoms with Crippen molar-refractivity contribution in [1.82, 2.24) is 24.9 Å². The Labute approximate surface area is 153 Å². The van der Waals surface area contributed by atoms with Gasteiger partial charge in [-0.25, -0.2) is 4.68 Å². The smallest absolute Gasteiger partial charge is 0.251 e. The number of carbonyl (C=O) groups is 1. The van der Waals surface area contributed by atoms with Gasteiger partial charge in [-0.3, -0.25) is 9.48 Å². The summed E-state index contributed by atoms with van der Waals surface area (Å²) in [6.45, 7) is 11.3. The first-order chi connectivity index (χ1) is 12.4. The second kappa shape index (κ2) is 7.15. The lowest BCUT2D eigenvalue weighted by molar-refractivity contribution is 0.0952. The molecule has 0 spiro atoms. The van der Waals surface area contributed by atoms with Crippen LogP contribution in [-0.4, -0.2) is 32.0 Å². The number of carbonyl (C=O) groups excluding carboxylic acids is 1. The molecule has 0 aliphatic carbocycles. The number of benzene rings is 1. The van der Waals surface area contributed by atoms with Crippen molar-refractivity contribution in [2.24, 2.45) is 0 Å². The second-order valence-electron chi connectivity index (χ2n) is 6.66. The van der Waals surface area contributed by atoms with Crippen LogP contribution < -0.4 is 5.32 Å². The van der Waals surface area contributed by atoms with E-state index in [-0.39, 0.29) is 5.91 Å². The molecule has 0 fully saturated rings. The lowest BCUT2D eigenvalue weighted by Gasteiger charge is -2.09. The van der Waals surface area contributed by atoms with Gasteiger partial charge in [0.2, 0.25) is 0 Å². The van der Waals surface area contributed by atoms with E-state index in [0.717, 1.165) is 28.5 Å². The van der Waals surface area contributed by atoms with E-state index >= 15 is 0 Å². The highest BCUT2D eigenvalue weighted by atomic mass is 16.1. The highest BCUT2D eigenvalue weighted by Gasteiger charge is 2.09. The highest BCUT2D eigenvalue weighted by molar-refractivity contribution is 5.94. The summed E-state index contributed by atoms with van der Waals surface area (Å²) in [4.78, 5) is 12.3. The van der Waals surface area contributed by atoms with Gasteiger partial charge in [-0.05, 0) is 70.5 Å². The Morgan fingerprint density at radius 2 is 1.73 bits per heavy atom. The maximum atomic E-state index is 12.3. The van der Waals surface area contributed by atoms with Gasteiger partial charge in [-0.1, -0.05) is 0 Å². The van der Waals surface area contributed by atoms with Crippen LogP contribution in [0.3, 0.4) is 0 Å². The first kappa shape index (κ1) is 17.9. The molecule has 3 rings (SSSR count). The minimum absolute atomic E-state index is 0.0804. The largest absolute Gasteiger partial charge is 0.350 e. The van der Waals surface area contributed by atoms with Gasteiger partial charge in [0.15, 0.2) is 0 Å². The van der Waals surface area contributed by atoms with Gasteiger partial charge in [0.25, 0.3) is 5.91 Å². The van der Waals surface area contributed by atoms with E-state index in [2.05, 4.69) is 29.4 Å². The Hall–Kier alpha value is -2.89. The maximum absolute atomic E-state index is 12.3. The zero-order chi connectivity index (χ0) is 18.8. The van der Waals surface area contributed by atoms with Crippen molar-refractivity contribution >= 4 is 5.91 Å². The van der Waals surface area contributed by atoms with Crippen LogP contribution >= 0.6 is 0 Å². The van der Waals surface area contributed by atoms with Gasteiger partial charge < -0.3 is 5.32 Å². The summed E-state index contributed by atoms with van der Waals surface area (Å²) in [6, 6.07) is 9.52. The zero-order valence-electron chi connectivity index (χ0n) is 16.0. The van der Waals surface area contributed by atoms with Crippen molar-refractivity contribution in [1.29, 1.82) is 0 Å². The lowest BCUT2D eigenvalue weighted by Crippen LogP contribution is -2.27. The van der Waals surface area contributed by atoms with E-state index in [1.807, 2.05) is 60.5 Å². The SMILES string of the molecule is Cc1cc(C)n(-c2ccc(C(=O)NCCn3nc(C)c(C)c3C)cc2)n1. The van der Waals surface area contributed by atoms with Gasteiger partial charge in [-0.2, -0.15) is 10.2 Å². The van der Waals surface area contributed by atoms with Gasteiger partial charge in [0.05, 0.1) is 23.6 Å². The van der Waals surface area contributed by atoms with Crippen molar-refractivity contribution in [3.8, 4) is 5.69 Å². The molecule has 0 saturated carbocycles. The van der Waals surface area contributed by atoms with Gasteiger partial charge in [0, 0.05) is 23.5 Å². The molecule has 2 heterocycles. The average molecular weight is 351 g/mol. The highest BCUT2D eigenvalue weighted by Crippen LogP contribution is 2.13. The number of rotatable bonds is 5. The standard InChI is InChI=1S/C20H25N5O/c1-13-12-14(2)25(22-13)19-8-6-18(7-9-19)20(26)21-10-11-24-17(5)15(3)16(4)23-24/h6-9,12H,10-11H2,1-5H3,(H,21,26). The molecule has 1 amide bonds. The van der Waals surface area contributed by atoms with E-state index in [1.54, 1.807) is 0 Å². The summed E-state index contributed by atoms with van der Waals surface area (Å²) in [5, 5.41) is 11.9. The van der Waals surface area contributed by atoms with E-state index in [1.165, 1.54) is 5.56 Å². The summed E-state index contributed by atoms with van der Waals surface area (Å²) in [5.41, 5.74) is 7.02. The molecule has 0 unspecified atom stereocenters. The molecular formula is C20H25N5O. The fourth-order valence-electron chi connectivity index (χ4n) is 3.03. The predicted octanol–water partition coefficient (Wildman–Crippen LogP) is 3.04. The van der Waals surface area contributed by atoms with Gasteiger partial charge in [-0.15, -0.1) is 0 Å². The van der Waals surface area contributed by atoms with Crippen molar-refractivity contribution < 1.29 is 4.79 Å². The zero-order valence-corrected chi connectivity index (χ0v) is 16.0. The number of nitrogens with zero attached hydrogens (tertiary/aromatic N) is 4. The third-order valence-corrected chi connectivity index (χ3v) is 4.74. The summed E-state index contributed by atoms with van der Waals surface area (Å²) >= 11 is 0. The van der Waals surface area contributed by atoms with E-state index in [9.17, 15) is 4.79 Å². The number of hydrogen-bond acceptors (Lipinski definition) is 3. The van der Waals surface area contributed by atoms with Crippen molar-refractivity contribution in [3.05, 3.63) is 64.2 Å². The molecule has 0 radical (unpaired) electrons. The van der Waals surface area contributed by atoms with Crippen LogP contribution in [0.1, 0.15) is 38.7 Å². The topological polar surface area (TPSA) is 64.7 Å². The molecular weight excluding hydrogens is 326 g/mol. The quantitative estimate of drug-likeness (QED) is 0.768. The van der Waals surface area contributed by atoms with E-state index < -0.39 is 0 Å². The van der Waals surface area contributed by atoms with Crippen LogP contribution in [0, 0.1) is 34.6 Å². The molecule has 0 aliphatic heterocycles. The molecule has 0 aliphatic rings. The maximum Gasteiger partial charge on any atom is 0.251 e. The fourth-order valence-corrected chi connectivity index (χ4v) is 3.03. The minimum atomic E-state index is -0.0804. The molecule has 0 bridgehead atoms. The average Bonchev–Trinajstić information content (AvgIpc) is 3.08. The molecule has 0 atom stereocenters. The van der Waals surface area contributed by atoms with E-state index in [0.29, 0.717) is 18.7 Å². The minimum Gasteiger partial charge on any atom is -0.350 e. The summed E-state index contributed by atoms with van der Waals surface area (Å²) in [7, 11) is 0. The Bertz CT molecular complexity index is 934. The van der Waals surface area contributed by atoms with Crippen LogP contribution in [0.25, 0.3) is 5.69 Å². The molecule has 2 aromatic heterocycles. The van der Waals surface area contributed by atoms with E-state index in [4.69, 9.17) is 0 Å². The number of hydrogen-bond donors (Lipinski definition) is 1. The summed E-state index contributed by atoms with van der Waals surface area (Å²) in [5.74, 6) is -0.0804. The number of amides is 1. The van der Waals surface area contributed by atoms with Crippen LogP contribution in [0.15, 0.2) is 30.3 Å². The van der Waals surface area contributed by atoms with Crippen molar-refractivity contribution in [2.45, 2.75) is 41.2 Å². The van der Waals surface area contributed by atoms with Crippen molar-refractivity contribution in [2.75, 3.05) is 6.54 Å². The van der Waals surface area contributed by atoms with Crippen molar-refractivity contribution in [3.63, 3.8) is 0 Å². The predicted molar refractivity (Wildman–Crippen MR) is 102 cm³/mol. The molecule has 136 valence electrons. The molecule has 3 aromatic rings. The second-order valence-corrected chi connectivity index (χ2v) is 6.66. The number of aromatic nitrogens is 4. The first-order valence-electron chi connectivity index (χ1n) is 8.79. The molecule has 6 nitrogen and oxygen atoms in total. The van der Waals surface area contributed by atoms with Gasteiger partial charge in [0.1, 0.15) is 0 Å². The summed E-state index contributed by atoms with van der Waals surface area (Å²) < 4.78 is 3.82. The van der Waals surface area contributed by atoms with Crippen LogP contribution in [0.2, 0.25) is 0 Å². The Balaban J connectivity index is 1.61.